The first-order valence-electron chi connectivity index (χ1n) is 38.8. The zero-order valence-corrected chi connectivity index (χ0v) is 72.6. The minimum absolute atomic E-state index is 0.00463. The zero-order valence-electron chi connectivity index (χ0n) is 71.8. The Morgan fingerprint density at radius 3 is 1.09 bits per heavy atom. The van der Waals surface area contributed by atoms with Crippen molar-refractivity contribution in [2.75, 3.05) is 59.8 Å². The zero-order chi connectivity index (χ0) is 91.2. The number of carbonyl (C=O) groups is 10. The van der Waals surface area contributed by atoms with Gasteiger partial charge < -0.3 is 87.1 Å². The van der Waals surface area contributed by atoms with E-state index in [0.717, 1.165) is 41.1 Å². The van der Waals surface area contributed by atoms with Crippen LogP contribution in [0.25, 0.3) is 0 Å². The van der Waals surface area contributed by atoms with Crippen LogP contribution in [-0.2, 0) is 124 Å². The molecule has 6 aromatic rings. The number of piperazine rings is 1. The SMILES string of the molecule is CC(=O)Oc1ccc(COC(=O)C(C)C)cc1.CC(C)C(=O)OCCS(=O)(=O)c1ccccc1.CC(C)C(=O)OCc1ccc(OC(=O)N2CCN(C)CC2)cc1.CC(C)C(=O)OCc1ccc(O[C@@H]2O[C@H](C(=O)O)[C@@H](O)[C@H](O)[C@H]2O)cc1.CC(C)C(=O)OCc1ccc([N+](=O)[O-])cc1.COC(=O)C(C)C.COc1ccc(COC(=O)C(C)C)cc1. The number of ether oxygens (including phenoxy) is 12. The summed E-state index contributed by atoms with van der Waals surface area (Å²) in [5.74, 6) is -2.77. The Kier molecular flexibility index (Phi) is 48.4. The number of aliphatic hydroxyl groups is 3. The van der Waals surface area contributed by atoms with E-state index in [1.54, 1.807) is 186 Å². The van der Waals surface area contributed by atoms with E-state index in [1.165, 1.54) is 50.4 Å². The maximum Gasteiger partial charge on any atom is 0.415 e. The number of nitro groups is 1. The lowest BCUT2D eigenvalue weighted by atomic mass is 9.99. The molecule has 5 atom stereocenters. The second kappa shape index (κ2) is 55.4. The number of carboxylic acids is 1. The molecule has 0 spiro atoms. The van der Waals surface area contributed by atoms with Gasteiger partial charge in [0, 0.05) is 45.2 Å². The molecule has 34 heteroatoms. The molecule has 2 saturated heterocycles. The Bertz CT molecular complexity index is 4270. The van der Waals surface area contributed by atoms with Gasteiger partial charge in [0.25, 0.3) is 5.69 Å². The molecular weight excluding hydrogens is 1600 g/mol. The predicted octanol–water partition coefficient (Wildman–Crippen LogP) is 11.3. The van der Waals surface area contributed by atoms with Crippen LogP contribution in [0.15, 0.2) is 157 Å². The molecule has 6 aromatic carbocycles. The first-order valence-corrected chi connectivity index (χ1v) is 40.5. The number of hydrogen-bond acceptors (Lipinski definition) is 30. The molecule has 2 fully saturated rings. The van der Waals surface area contributed by atoms with Crippen LogP contribution in [0.2, 0.25) is 0 Å². The van der Waals surface area contributed by atoms with Gasteiger partial charge in [-0.25, -0.2) is 18.0 Å². The summed E-state index contributed by atoms with van der Waals surface area (Å²) >= 11 is 0. The quantitative estimate of drug-likeness (QED) is 0.0116. The summed E-state index contributed by atoms with van der Waals surface area (Å²) in [6.45, 7) is 30.1. The Hall–Kier alpha value is -11.4. The minimum Gasteiger partial charge on any atom is -0.497 e. The molecule has 2 aliphatic rings. The molecule has 4 N–H and O–H groups in total. The smallest absolute Gasteiger partial charge is 0.415 e. The highest BCUT2D eigenvalue weighted by Crippen LogP contribution is 2.26. The maximum atomic E-state index is 12.1. The molecule has 2 aliphatic heterocycles. The number of esters is 8. The number of likely N-dealkylation sites (N-methyl/N-ethyl adjacent to an activating group) is 1. The number of benzene rings is 6. The van der Waals surface area contributed by atoms with Crippen molar-refractivity contribution >= 4 is 75.3 Å². The number of rotatable bonds is 28. The largest absolute Gasteiger partial charge is 0.497 e. The van der Waals surface area contributed by atoms with Gasteiger partial charge in [0.15, 0.2) is 15.9 Å². The van der Waals surface area contributed by atoms with Gasteiger partial charge in [0.2, 0.25) is 6.29 Å². The summed E-state index contributed by atoms with van der Waals surface area (Å²) in [4.78, 5) is 126. The lowest BCUT2D eigenvalue weighted by Gasteiger charge is -2.38. The number of aliphatic carboxylic acids is 1. The molecule has 8 rings (SSSR count). The number of methoxy groups -OCH3 is 2. The van der Waals surface area contributed by atoms with Gasteiger partial charge in [-0.15, -0.1) is 0 Å². The van der Waals surface area contributed by atoms with Crippen molar-refractivity contribution in [2.45, 2.75) is 172 Å². The van der Waals surface area contributed by atoms with Crippen LogP contribution < -0.4 is 18.9 Å². The van der Waals surface area contributed by atoms with Crippen molar-refractivity contribution in [1.82, 2.24) is 9.80 Å². The summed E-state index contributed by atoms with van der Waals surface area (Å²) in [5, 5.41) is 48.7. The van der Waals surface area contributed by atoms with Gasteiger partial charge in [-0.3, -0.25) is 48.5 Å². The number of sulfone groups is 1. The summed E-state index contributed by atoms with van der Waals surface area (Å²) in [5.41, 5.74) is 4.15. The van der Waals surface area contributed by atoms with Gasteiger partial charge in [0.05, 0.1) is 71.2 Å². The molecule has 0 aromatic heterocycles. The fourth-order valence-electron chi connectivity index (χ4n) is 9.02. The van der Waals surface area contributed by atoms with E-state index in [9.17, 15) is 81.8 Å². The van der Waals surface area contributed by atoms with Crippen LogP contribution in [0.1, 0.15) is 132 Å². The third-order valence-electron chi connectivity index (χ3n) is 16.5. The Morgan fingerprint density at radius 2 is 0.777 bits per heavy atom. The first-order chi connectivity index (χ1) is 56.9. The molecule has 0 unspecified atom stereocenters. The van der Waals surface area contributed by atoms with Crippen LogP contribution in [0, 0.1) is 51.5 Å². The molecular formula is C87H117N3O30S. The van der Waals surface area contributed by atoms with Crippen molar-refractivity contribution < 1.29 is 139 Å². The molecule has 121 heavy (non-hydrogen) atoms. The first kappa shape index (κ1) is 106. The van der Waals surface area contributed by atoms with E-state index in [-0.39, 0.29) is 150 Å². The lowest BCUT2D eigenvalue weighted by Crippen LogP contribution is -2.61. The van der Waals surface area contributed by atoms with Crippen molar-refractivity contribution in [1.29, 1.82) is 0 Å². The summed E-state index contributed by atoms with van der Waals surface area (Å²) in [7, 11) is 1.69. The fraction of sp³-hybridized carbons (Fsp3) is 0.471. The van der Waals surface area contributed by atoms with Crippen LogP contribution >= 0.6 is 0 Å². The molecule has 0 bridgehead atoms. The Labute approximate surface area is 706 Å². The number of aliphatic hydroxyl groups excluding tert-OH is 3. The van der Waals surface area contributed by atoms with Crippen molar-refractivity contribution in [2.24, 2.45) is 41.4 Å². The Morgan fingerprint density at radius 1 is 0.446 bits per heavy atom. The van der Waals surface area contributed by atoms with Gasteiger partial charge in [-0.05, 0) is 108 Å². The molecule has 33 nitrogen and oxygen atoms in total. The number of carbonyl (C=O) groups excluding carboxylic acids is 9. The molecule has 0 aliphatic carbocycles. The van der Waals surface area contributed by atoms with E-state index in [1.807, 2.05) is 45.2 Å². The second-order valence-electron chi connectivity index (χ2n) is 29.3. The molecule has 666 valence electrons. The lowest BCUT2D eigenvalue weighted by molar-refractivity contribution is -0.384. The predicted molar refractivity (Wildman–Crippen MR) is 441 cm³/mol. The fourth-order valence-corrected chi connectivity index (χ4v) is 10.1. The second-order valence-corrected chi connectivity index (χ2v) is 31.4. The highest BCUT2D eigenvalue weighted by molar-refractivity contribution is 7.91. The van der Waals surface area contributed by atoms with Crippen LogP contribution in [0.3, 0.4) is 0 Å². The van der Waals surface area contributed by atoms with Crippen molar-refractivity contribution in [3.05, 3.63) is 190 Å². The average molecular weight is 1720 g/mol. The monoisotopic (exact) mass is 1720 g/mol. The van der Waals surface area contributed by atoms with E-state index < -0.39 is 51.4 Å². The number of non-ortho nitro benzene ring substituents is 1. The van der Waals surface area contributed by atoms with E-state index in [2.05, 4.69) is 9.64 Å². The standard InChI is InChI=1S/C17H24N2O4.C17H22O9.C13H16O4.C12H16O4S.C12H16O3.C11H13NO4.C5H10O2/c1-13(2)16(20)22-12-14-4-6-15(7-5-14)23-17(21)19-10-8-18(3)9-11-19;1-8(2)16(23)24-7-9-3-5-10(6-4-9)25-17-13(20)11(18)12(19)14(26-17)15(21)22;1-9(2)13(15)16-8-11-4-6-12(7-5-11)17-10(3)14;1-10(2)12(13)16-8-9-17(14,15)11-6-4-3-5-7-11;1-9(2)12(13)15-8-10-4-6-11(14-3)7-5-10;1-8(2)11(13)16-7-9-3-5-10(6-4-9)12(14)15;1-4(2)5(6)7-3/h4-7,13H,8-12H2,1-3H3;3-6,8,11-14,17-20H,7H2,1-2H3,(H,21,22);4-7,9H,8H2,1-3H3;3-7,10H,8-9H2,1-2H3;4-7,9H,8H2,1-3H3;3-6,8H,7H2,1-2H3;4H,1-3H3/t;11-,12-,13+,14-,17+;;;;;/m.0...../s1. The molecule has 0 radical (unpaired) electrons. The third-order valence-corrected chi connectivity index (χ3v) is 18.2. The number of carboxylic acid groups (broad SMARTS) is 1. The summed E-state index contributed by atoms with van der Waals surface area (Å²) in [6, 6.07) is 41.6. The highest BCUT2D eigenvalue weighted by atomic mass is 32.2. The van der Waals surface area contributed by atoms with Crippen LogP contribution in [0.5, 0.6) is 23.0 Å². The normalized spacial score (nSPS) is 15.3. The topological polar surface area (TPSA) is 446 Å². The van der Waals surface area contributed by atoms with Crippen LogP contribution in [-0.4, -0.2) is 194 Å². The average Bonchev–Trinajstić information content (AvgIpc) is 0.914. The van der Waals surface area contributed by atoms with Crippen LogP contribution in [0.4, 0.5) is 10.5 Å². The number of nitrogens with zero attached hydrogens (tertiary/aromatic N) is 3. The van der Waals surface area contributed by atoms with Gasteiger partial charge in [0.1, 0.15) is 81.0 Å². The molecule has 2 heterocycles. The molecule has 1 amide bonds. The van der Waals surface area contributed by atoms with Gasteiger partial charge in [-0.1, -0.05) is 164 Å². The van der Waals surface area contributed by atoms with Crippen molar-refractivity contribution in [3.8, 4) is 23.0 Å². The summed E-state index contributed by atoms with van der Waals surface area (Å²) < 4.78 is 83.9. The van der Waals surface area contributed by atoms with E-state index in [4.69, 9.17) is 57.2 Å². The molecule has 0 saturated carbocycles. The highest BCUT2D eigenvalue weighted by Gasteiger charge is 2.48. The Balaban J connectivity index is 0.000000489. The third kappa shape index (κ3) is 42.4. The van der Waals surface area contributed by atoms with Gasteiger partial charge >= 0.3 is 59.8 Å². The van der Waals surface area contributed by atoms with Gasteiger partial charge in [-0.2, -0.15) is 0 Å². The maximum absolute atomic E-state index is 12.1. The van der Waals surface area contributed by atoms with E-state index >= 15 is 0 Å². The summed E-state index contributed by atoms with van der Waals surface area (Å²) in [6.07, 6.45) is -8.67. The minimum atomic E-state index is -3.36. The van der Waals surface area contributed by atoms with E-state index in [0.29, 0.717) is 36.8 Å². The van der Waals surface area contributed by atoms with Crippen molar-refractivity contribution in [3.63, 3.8) is 0 Å². The number of amides is 1. The number of nitro benzene ring substituents is 1. The number of hydrogen-bond donors (Lipinski definition) is 4.